The minimum absolute atomic E-state index is 0. The van der Waals surface area contributed by atoms with Crippen LogP contribution in [0.2, 0.25) is 5.02 Å². The standard InChI is InChI=1S/C13H16ClFN2O.ClH/c14-11-2-1-10(7-12(11)15)13(18)17-6-4-9-3-5-16-8-9;/h1-2,7,9,16H,3-6,8H2,(H,17,18);1H. The van der Waals surface area contributed by atoms with E-state index >= 15 is 0 Å². The summed E-state index contributed by atoms with van der Waals surface area (Å²) in [6.45, 7) is 2.70. The number of hydrogen-bond donors (Lipinski definition) is 2. The Hall–Kier alpha value is -0.840. The maximum absolute atomic E-state index is 13.2. The largest absolute Gasteiger partial charge is 0.352 e. The van der Waals surface area contributed by atoms with Crippen LogP contribution in [0.1, 0.15) is 23.2 Å². The van der Waals surface area contributed by atoms with E-state index in [2.05, 4.69) is 10.6 Å². The zero-order chi connectivity index (χ0) is 13.0. The Morgan fingerprint density at radius 2 is 2.32 bits per heavy atom. The summed E-state index contributed by atoms with van der Waals surface area (Å²) in [5, 5.41) is 6.11. The highest BCUT2D eigenvalue weighted by molar-refractivity contribution is 6.30. The van der Waals surface area contributed by atoms with Gasteiger partial charge in [-0.2, -0.15) is 0 Å². The molecule has 1 aliphatic rings. The van der Waals surface area contributed by atoms with Crippen molar-refractivity contribution in [3.8, 4) is 0 Å². The van der Waals surface area contributed by atoms with Crippen LogP contribution in [0.5, 0.6) is 0 Å². The molecular formula is C13H17Cl2FN2O. The summed E-state index contributed by atoms with van der Waals surface area (Å²) < 4.78 is 13.2. The summed E-state index contributed by atoms with van der Waals surface area (Å²) in [5.41, 5.74) is 0.307. The zero-order valence-corrected chi connectivity index (χ0v) is 12.0. The first-order valence-corrected chi connectivity index (χ1v) is 6.48. The van der Waals surface area contributed by atoms with Crippen molar-refractivity contribution < 1.29 is 9.18 Å². The Bertz CT molecular complexity index is 437. The van der Waals surface area contributed by atoms with Gasteiger partial charge in [-0.1, -0.05) is 11.6 Å². The summed E-state index contributed by atoms with van der Waals surface area (Å²) in [7, 11) is 0. The molecule has 19 heavy (non-hydrogen) atoms. The average molecular weight is 307 g/mol. The smallest absolute Gasteiger partial charge is 0.251 e. The molecular weight excluding hydrogens is 290 g/mol. The van der Waals surface area contributed by atoms with Crippen molar-refractivity contribution >= 4 is 29.9 Å². The normalized spacial score (nSPS) is 17.9. The zero-order valence-electron chi connectivity index (χ0n) is 10.4. The molecule has 2 N–H and O–H groups in total. The van der Waals surface area contributed by atoms with Crippen molar-refractivity contribution in [1.82, 2.24) is 10.6 Å². The third-order valence-corrected chi connectivity index (χ3v) is 3.49. The molecule has 1 aromatic carbocycles. The monoisotopic (exact) mass is 306 g/mol. The highest BCUT2D eigenvalue weighted by atomic mass is 35.5. The summed E-state index contributed by atoms with van der Waals surface area (Å²) >= 11 is 5.56. The molecule has 1 aliphatic heterocycles. The van der Waals surface area contributed by atoms with Crippen LogP contribution in [0.15, 0.2) is 18.2 Å². The Morgan fingerprint density at radius 3 is 2.95 bits per heavy atom. The predicted octanol–water partition coefficient (Wildman–Crippen LogP) is 2.63. The molecule has 1 amide bonds. The first-order chi connectivity index (χ1) is 8.66. The molecule has 0 bridgehead atoms. The summed E-state index contributed by atoms with van der Waals surface area (Å²) in [4.78, 5) is 11.7. The second-order valence-electron chi connectivity index (χ2n) is 4.53. The Balaban J connectivity index is 0.00000180. The minimum Gasteiger partial charge on any atom is -0.352 e. The Morgan fingerprint density at radius 1 is 1.53 bits per heavy atom. The summed E-state index contributed by atoms with van der Waals surface area (Å²) in [6.07, 6.45) is 2.11. The minimum atomic E-state index is -0.565. The highest BCUT2D eigenvalue weighted by Crippen LogP contribution is 2.15. The van der Waals surface area contributed by atoms with Gasteiger partial charge in [0.15, 0.2) is 0 Å². The van der Waals surface area contributed by atoms with Gasteiger partial charge in [-0.15, -0.1) is 12.4 Å². The SMILES string of the molecule is Cl.O=C(NCCC1CCNC1)c1ccc(Cl)c(F)c1. The fraction of sp³-hybridized carbons (Fsp3) is 0.462. The van der Waals surface area contributed by atoms with Crippen LogP contribution in [0, 0.1) is 11.7 Å². The topological polar surface area (TPSA) is 41.1 Å². The first-order valence-electron chi connectivity index (χ1n) is 6.11. The lowest BCUT2D eigenvalue weighted by Crippen LogP contribution is -2.26. The highest BCUT2D eigenvalue weighted by Gasteiger charge is 2.14. The number of halogens is 3. The second kappa shape index (κ2) is 7.68. The predicted molar refractivity (Wildman–Crippen MR) is 76.6 cm³/mol. The molecule has 0 spiro atoms. The number of carbonyl (C=O) groups excluding carboxylic acids is 1. The third-order valence-electron chi connectivity index (χ3n) is 3.18. The van der Waals surface area contributed by atoms with Gasteiger partial charge in [0, 0.05) is 12.1 Å². The molecule has 3 nitrogen and oxygen atoms in total. The third kappa shape index (κ3) is 4.64. The maximum Gasteiger partial charge on any atom is 0.251 e. The maximum atomic E-state index is 13.2. The Kier molecular flexibility index (Phi) is 6.55. The van der Waals surface area contributed by atoms with Crippen molar-refractivity contribution in [1.29, 1.82) is 0 Å². The molecule has 1 aromatic rings. The van der Waals surface area contributed by atoms with Gasteiger partial charge >= 0.3 is 0 Å². The fourth-order valence-electron chi connectivity index (χ4n) is 2.09. The quantitative estimate of drug-likeness (QED) is 0.898. The molecule has 1 atom stereocenters. The van der Waals surface area contributed by atoms with Crippen molar-refractivity contribution in [2.45, 2.75) is 12.8 Å². The van der Waals surface area contributed by atoms with E-state index in [9.17, 15) is 9.18 Å². The molecule has 6 heteroatoms. The van der Waals surface area contributed by atoms with Gasteiger partial charge in [-0.3, -0.25) is 4.79 Å². The Labute approximate surface area is 123 Å². The molecule has 106 valence electrons. The molecule has 0 aliphatic carbocycles. The number of rotatable bonds is 4. The van der Waals surface area contributed by atoms with Gasteiger partial charge < -0.3 is 10.6 Å². The second-order valence-corrected chi connectivity index (χ2v) is 4.94. The van der Waals surface area contributed by atoms with E-state index in [-0.39, 0.29) is 23.3 Å². The number of amides is 1. The lowest BCUT2D eigenvalue weighted by Gasteiger charge is -2.09. The van der Waals surface area contributed by atoms with E-state index in [0.29, 0.717) is 18.0 Å². The van der Waals surface area contributed by atoms with Crippen LogP contribution in [0.3, 0.4) is 0 Å². The van der Waals surface area contributed by atoms with Crippen LogP contribution in [-0.4, -0.2) is 25.5 Å². The summed E-state index contributed by atoms with van der Waals surface area (Å²) in [6, 6.07) is 4.08. The molecule has 1 saturated heterocycles. The molecule has 0 aromatic heterocycles. The average Bonchev–Trinajstić information content (AvgIpc) is 2.85. The van der Waals surface area contributed by atoms with E-state index in [1.54, 1.807) is 0 Å². The van der Waals surface area contributed by atoms with Gasteiger partial charge in [0.25, 0.3) is 5.91 Å². The molecule has 1 unspecified atom stereocenters. The van der Waals surface area contributed by atoms with Gasteiger partial charge in [-0.25, -0.2) is 4.39 Å². The molecule has 1 fully saturated rings. The van der Waals surface area contributed by atoms with Gasteiger partial charge in [-0.05, 0) is 50.0 Å². The van der Waals surface area contributed by atoms with Crippen molar-refractivity contribution in [2.75, 3.05) is 19.6 Å². The molecule has 0 saturated carbocycles. The van der Waals surface area contributed by atoms with Gasteiger partial charge in [0.2, 0.25) is 0 Å². The van der Waals surface area contributed by atoms with Crippen LogP contribution >= 0.6 is 24.0 Å². The van der Waals surface area contributed by atoms with Gasteiger partial charge in [0.1, 0.15) is 5.82 Å². The number of carbonyl (C=O) groups is 1. The van der Waals surface area contributed by atoms with Crippen LogP contribution in [-0.2, 0) is 0 Å². The number of nitrogens with one attached hydrogen (secondary N) is 2. The van der Waals surface area contributed by atoms with E-state index in [1.165, 1.54) is 12.1 Å². The lowest BCUT2D eigenvalue weighted by atomic mass is 10.1. The fourth-order valence-corrected chi connectivity index (χ4v) is 2.21. The molecule has 0 radical (unpaired) electrons. The number of hydrogen-bond acceptors (Lipinski definition) is 2. The summed E-state index contributed by atoms with van der Waals surface area (Å²) in [5.74, 6) is -0.187. The first kappa shape index (κ1) is 16.2. The van der Waals surface area contributed by atoms with E-state index < -0.39 is 5.82 Å². The van der Waals surface area contributed by atoms with Crippen molar-refractivity contribution in [3.63, 3.8) is 0 Å². The lowest BCUT2D eigenvalue weighted by molar-refractivity contribution is 0.0951. The van der Waals surface area contributed by atoms with Crippen molar-refractivity contribution in [2.24, 2.45) is 5.92 Å². The van der Waals surface area contributed by atoms with E-state index in [4.69, 9.17) is 11.6 Å². The van der Waals surface area contributed by atoms with Crippen molar-refractivity contribution in [3.05, 3.63) is 34.6 Å². The van der Waals surface area contributed by atoms with E-state index in [1.807, 2.05) is 0 Å². The van der Waals surface area contributed by atoms with E-state index in [0.717, 1.165) is 32.0 Å². The van der Waals surface area contributed by atoms with Crippen LogP contribution in [0.25, 0.3) is 0 Å². The number of benzene rings is 1. The molecule has 2 rings (SSSR count). The van der Waals surface area contributed by atoms with Crippen LogP contribution in [0.4, 0.5) is 4.39 Å². The van der Waals surface area contributed by atoms with Crippen LogP contribution < -0.4 is 10.6 Å². The molecule has 1 heterocycles. The van der Waals surface area contributed by atoms with Gasteiger partial charge in [0.05, 0.1) is 5.02 Å².